The number of aliphatic carboxylic acids is 1. The van der Waals surface area contributed by atoms with Crippen LogP contribution < -0.4 is 4.74 Å². The number of methoxy groups -OCH3 is 1. The smallest absolute Gasteiger partial charge is 0.327 e. The van der Waals surface area contributed by atoms with Gasteiger partial charge in [0.2, 0.25) is 0 Å². The first-order chi connectivity index (χ1) is 9.04. The predicted molar refractivity (Wildman–Crippen MR) is 72.6 cm³/mol. The Bertz CT molecular complexity index is 517. The van der Waals surface area contributed by atoms with Gasteiger partial charge in [-0.1, -0.05) is 11.6 Å². The van der Waals surface area contributed by atoms with Gasteiger partial charge in [-0.15, -0.1) is 11.8 Å². The number of carbonyl (C=O) groups excluding carboxylic acids is 1. The molecule has 2 rings (SSSR count). The Morgan fingerprint density at radius 1 is 1.47 bits per heavy atom. The third-order valence-electron chi connectivity index (χ3n) is 3.01. The second-order valence-electron chi connectivity index (χ2n) is 4.33. The van der Waals surface area contributed by atoms with Crippen LogP contribution in [0, 0.1) is 6.92 Å². The van der Waals surface area contributed by atoms with Crippen molar-refractivity contribution in [3.8, 4) is 5.75 Å². The molecule has 1 aromatic rings. The molecule has 0 radical (unpaired) electrons. The monoisotopic (exact) mass is 281 g/mol. The Morgan fingerprint density at radius 2 is 2.21 bits per heavy atom. The van der Waals surface area contributed by atoms with E-state index >= 15 is 0 Å². The fourth-order valence-electron chi connectivity index (χ4n) is 1.99. The molecular formula is C13H15NO4S. The van der Waals surface area contributed by atoms with Crippen molar-refractivity contribution in [2.45, 2.75) is 13.0 Å². The Kier molecular flexibility index (Phi) is 3.99. The summed E-state index contributed by atoms with van der Waals surface area (Å²) in [6.07, 6.45) is 0. The van der Waals surface area contributed by atoms with Crippen LogP contribution in [0.25, 0.3) is 0 Å². The number of ether oxygens (including phenoxy) is 1. The van der Waals surface area contributed by atoms with Crippen LogP contribution in [-0.4, -0.2) is 46.7 Å². The lowest BCUT2D eigenvalue weighted by atomic mass is 10.1. The molecule has 5 nitrogen and oxygen atoms in total. The number of carbonyl (C=O) groups is 2. The van der Waals surface area contributed by atoms with Crippen LogP contribution in [0.2, 0.25) is 0 Å². The van der Waals surface area contributed by atoms with Gasteiger partial charge in [0.1, 0.15) is 11.8 Å². The predicted octanol–water partition coefficient (Wildman–Crippen LogP) is 1.60. The lowest BCUT2D eigenvalue weighted by molar-refractivity contribution is -0.140. The fourth-order valence-corrected chi connectivity index (χ4v) is 3.14. The Morgan fingerprint density at radius 3 is 2.84 bits per heavy atom. The molecule has 1 amide bonds. The molecule has 1 atom stereocenters. The van der Waals surface area contributed by atoms with Crippen LogP contribution in [0.5, 0.6) is 5.75 Å². The first kappa shape index (κ1) is 13.7. The second kappa shape index (κ2) is 5.52. The molecular weight excluding hydrogens is 266 g/mol. The molecule has 102 valence electrons. The first-order valence-electron chi connectivity index (χ1n) is 5.80. The first-order valence-corrected chi connectivity index (χ1v) is 6.96. The summed E-state index contributed by atoms with van der Waals surface area (Å²) in [6, 6.07) is 4.54. The highest BCUT2D eigenvalue weighted by atomic mass is 32.2. The van der Waals surface area contributed by atoms with E-state index in [-0.39, 0.29) is 5.91 Å². The van der Waals surface area contributed by atoms with Crippen molar-refractivity contribution in [3.05, 3.63) is 29.3 Å². The molecule has 0 aromatic heterocycles. The summed E-state index contributed by atoms with van der Waals surface area (Å²) >= 11 is 1.44. The maximum atomic E-state index is 12.5. The fraction of sp³-hybridized carbons (Fsp3) is 0.385. The zero-order valence-corrected chi connectivity index (χ0v) is 11.6. The third kappa shape index (κ3) is 2.68. The number of carboxylic acid groups (broad SMARTS) is 1. The number of benzene rings is 1. The van der Waals surface area contributed by atoms with Gasteiger partial charge < -0.3 is 14.7 Å². The van der Waals surface area contributed by atoms with E-state index in [4.69, 9.17) is 9.84 Å². The maximum Gasteiger partial charge on any atom is 0.327 e. The van der Waals surface area contributed by atoms with Crippen molar-refractivity contribution in [2.24, 2.45) is 0 Å². The van der Waals surface area contributed by atoms with Gasteiger partial charge in [-0.3, -0.25) is 4.79 Å². The summed E-state index contributed by atoms with van der Waals surface area (Å²) in [5, 5.41) is 9.12. The van der Waals surface area contributed by atoms with Crippen LogP contribution in [-0.2, 0) is 4.79 Å². The van der Waals surface area contributed by atoms with Crippen LogP contribution in [0.4, 0.5) is 0 Å². The van der Waals surface area contributed by atoms with Crippen molar-refractivity contribution in [2.75, 3.05) is 18.7 Å². The highest BCUT2D eigenvalue weighted by molar-refractivity contribution is 7.99. The Hall–Kier alpha value is -1.69. The summed E-state index contributed by atoms with van der Waals surface area (Å²) in [7, 11) is 1.49. The summed E-state index contributed by atoms with van der Waals surface area (Å²) in [5.74, 6) is 0.0295. The van der Waals surface area contributed by atoms with E-state index in [1.807, 2.05) is 13.0 Å². The molecule has 6 heteroatoms. The van der Waals surface area contributed by atoms with Gasteiger partial charge in [0.15, 0.2) is 0 Å². The van der Waals surface area contributed by atoms with Crippen LogP contribution in [0.15, 0.2) is 18.2 Å². The van der Waals surface area contributed by atoms with Crippen molar-refractivity contribution in [1.82, 2.24) is 4.90 Å². The van der Waals surface area contributed by atoms with Crippen LogP contribution >= 0.6 is 11.8 Å². The van der Waals surface area contributed by atoms with E-state index in [0.717, 1.165) is 5.56 Å². The van der Waals surface area contributed by atoms with E-state index in [2.05, 4.69) is 0 Å². The van der Waals surface area contributed by atoms with Gasteiger partial charge in [0.05, 0.1) is 18.6 Å². The second-order valence-corrected chi connectivity index (χ2v) is 5.33. The summed E-state index contributed by atoms with van der Waals surface area (Å²) in [5.41, 5.74) is 1.35. The molecule has 0 spiro atoms. The van der Waals surface area contributed by atoms with E-state index in [9.17, 15) is 9.59 Å². The molecule has 1 aliphatic rings. The van der Waals surface area contributed by atoms with Crippen molar-refractivity contribution >= 4 is 23.6 Å². The summed E-state index contributed by atoms with van der Waals surface area (Å²) < 4.78 is 5.18. The van der Waals surface area contributed by atoms with Gasteiger partial charge >= 0.3 is 5.97 Å². The third-order valence-corrected chi connectivity index (χ3v) is 4.03. The van der Waals surface area contributed by atoms with Crippen LogP contribution in [0.1, 0.15) is 15.9 Å². The SMILES string of the molecule is COc1ccc(C)cc1C(=O)N1CSCC1C(=O)O. The molecule has 1 heterocycles. The average Bonchev–Trinajstić information content (AvgIpc) is 2.87. The van der Waals surface area contributed by atoms with Gasteiger partial charge in [0.25, 0.3) is 5.91 Å². The molecule has 1 aromatic carbocycles. The highest BCUT2D eigenvalue weighted by Crippen LogP contribution is 2.27. The number of thioether (sulfide) groups is 1. The van der Waals surface area contributed by atoms with Crippen LogP contribution in [0.3, 0.4) is 0 Å². The molecule has 1 unspecified atom stereocenters. The standard InChI is InChI=1S/C13H15NO4S/c1-8-3-4-11(18-2)9(5-8)12(15)14-7-19-6-10(14)13(16)17/h3-5,10H,6-7H2,1-2H3,(H,16,17). The number of amides is 1. The molecule has 1 saturated heterocycles. The number of hydrogen-bond acceptors (Lipinski definition) is 4. The lowest BCUT2D eigenvalue weighted by Crippen LogP contribution is -2.41. The maximum absolute atomic E-state index is 12.5. The number of rotatable bonds is 3. The number of aryl methyl sites for hydroxylation is 1. The highest BCUT2D eigenvalue weighted by Gasteiger charge is 2.35. The van der Waals surface area contributed by atoms with Gasteiger partial charge in [-0.05, 0) is 19.1 Å². The summed E-state index contributed by atoms with van der Waals surface area (Å²) in [4.78, 5) is 25.0. The molecule has 1 fully saturated rings. The van der Waals surface area contributed by atoms with E-state index in [0.29, 0.717) is 22.9 Å². The van der Waals surface area contributed by atoms with Crippen molar-refractivity contribution in [3.63, 3.8) is 0 Å². The van der Waals surface area contributed by atoms with Gasteiger partial charge in [-0.2, -0.15) is 0 Å². The van der Waals surface area contributed by atoms with Gasteiger partial charge in [0, 0.05) is 5.75 Å². The number of carboxylic acids is 1. The molecule has 0 aliphatic carbocycles. The minimum absolute atomic E-state index is 0.294. The van der Waals surface area contributed by atoms with Crippen molar-refractivity contribution < 1.29 is 19.4 Å². The van der Waals surface area contributed by atoms with Crippen molar-refractivity contribution in [1.29, 1.82) is 0 Å². The minimum Gasteiger partial charge on any atom is -0.496 e. The van der Waals surface area contributed by atoms with Gasteiger partial charge in [-0.25, -0.2) is 4.79 Å². The Balaban J connectivity index is 2.33. The normalized spacial score (nSPS) is 18.4. The molecule has 0 saturated carbocycles. The molecule has 1 aliphatic heterocycles. The zero-order chi connectivity index (χ0) is 14.0. The number of hydrogen-bond donors (Lipinski definition) is 1. The number of nitrogens with zero attached hydrogens (tertiary/aromatic N) is 1. The topological polar surface area (TPSA) is 66.8 Å². The molecule has 1 N–H and O–H groups in total. The minimum atomic E-state index is -0.968. The van der Waals surface area contributed by atoms with E-state index < -0.39 is 12.0 Å². The molecule has 0 bridgehead atoms. The quantitative estimate of drug-likeness (QED) is 0.911. The van der Waals surface area contributed by atoms with E-state index in [1.165, 1.54) is 23.8 Å². The largest absolute Gasteiger partial charge is 0.496 e. The Labute approximate surface area is 115 Å². The summed E-state index contributed by atoms with van der Waals surface area (Å²) in [6.45, 7) is 1.88. The molecule has 19 heavy (non-hydrogen) atoms. The zero-order valence-electron chi connectivity index (χ0n) is 10.8. The average molecular weight is 281 g/mol. The lowest BCUT2D eigenvalue weighted by Gasteiger charge is -2.21. The van der Waals surface area contributed by atoms with E-state index in [1.54, 1.807) is 12.1 Å².